The number of nitrogens with zero attached hydrogens (tertiary/aromatic N) is 1. The topological polar surface area (TPSA) is 98.9 Å². The van der Waals surface area contributed by atoms with Gasteiger partial charge in [0.15, 0.2) is 0 Å². The monoisotopic (exact) mass is 340 g/mol. The largest absolute Gasteiger partial charge is 0.443 e. The Morgan fingerprint density at radius 3 is 2.28 bits per heavy atom. The van der Waals surface area contributed by atoms with Crippen molar-refractivity contribution in [2.45, 2.75) is 10.7 Å². The maximum Gasteiger partial charge on any atom is 0.435 e. The number of carbonyl (C=O) groups excluding carboxylic acids is 1. The quantitative estimate of drug-likeness (QED) is 0.464. The summed E-state index contributed by atoms with van der Waals surface area (Å²) in [7, 11) is -4.38. The molecule has 0 fully saturated rings. The third kappa shape index (κ3) is 9.75. The van der Waals surface area contributed by atoms with Gasteiger partial charge in [0, 0.05) is 0 Å². The molecule has 11 heteroatoms. The number of rotatable bonds is 5. The molecule has 18 heavy (non-hydrogen) atoms. The molecule has 1 amide bonds. The number of hydrogen-bond donors (Lipinski definition) is 1. The van der Waals surface area contributed by atoms with Crippen LogP contribution in [0.5, 0.6) is 0 Å². The third-order valence-corrected chi connectivity index (χ3v) is 1.89. The zero-order valence-corrected chi connectivity index (χ0v) is 12.3. The molecule has 106 valence electrons. The van der Waals surface area contributed by atoms with Gasteiger partial charge in [-0.3, -0.25) is 0 Å². The van der Waals surface area contributed by atoms with Gasteiger partial charge in [0.05, 0.1) is 6.54 Å². The predicted molar refractivity (Wildman–Crippen MR) is 67.4 cm³/mol. The number of amides is 1. The van der Waals surface area contributed by atoms with Gasteiger partial charge in [-0.25, -0.2) is 9.93 Å². The summed E-state index contributed by atoms with van der Waals surface area (Å²) in [5.74, 6) is 0. The molecule has 0 aromatic carbocycles. The molecular weight excluding hydrogens is 331 g/mol. The fourth-order valence-electron chi connectivity index (χ4n) is 0.707. The van der Waals surface area contributed by atoms with Gasteiger partial charge in [0.25, 0.3) is 0 Å². The number of alkyl halides is 3. The van der Waals surface area contributed by atoms with Gasteiger partial charge < -0.3 is 4.74 Å². The van der Waals surface area contributed by atoms with Gasteiger partial charge in [0.2, 0.25) is 3.79 Å². The van der Waals surface area contributed by atoms with Crippen LogP contribution in [-0.4, -0.2) is 36.5 Å². The number of ether oxygens (including phenoxy) is 1. The minimum absolute atomic E-state index is 0.255. The smallest absolute Gasteiger partial charge is 0.435 e. The molecule has 0 aliphatic rings. The number of nitrogens with two attached hydrogens (primary N) is 1. The Kier molecular flexibility index (Phi) is 6.69. The van der Waals surface area contributed by atoms with E-state index in [1.807, 2.05) is 0 Å². The van der Waals surface area contributed by atoms with Crippen LogP contribution in [0.15, 0.2) is 12.2 Å². The second-order valence-electron chi connectivity index (χ2n) is 3.23. The Labute approximate surface area is 120 Å². The first-order valence-electron chi connectivity index (χ1n) is 4.28. The van der Waals surface area contributed by atoms with E-state index in [0.717, 1.165) is 0 Å². The van der Waals surface area contributed by atoms with E-state index in [-0.39, 0.29) is 6.54 Å². The van der Waals surface area contributed by atoms with Crippen LogP contribution in [-0.2, 0) is 19.3 Å². The van der Waals surface area contributed by atoms with Gasteiger partial charge in [-0.15, -0.1) is 4.28 Å². The average molecular weight is 342 g/mol. The Bertz CT molecular complexity index is 419. The van der Waals surface area contributed by atoms with Gasteiger partial charge in [-0.2, -0.15) is 13.5 Å². The summed E-state index contributed by atoms with van der Waals surface area (Å²) in [4.78, 5) is 11.4. The highest BCUT2D eigenvalue weighted by molar-refractivity contribution is 7.84. The van der Waals surface area contributed by atoms with E-state index < -0.39 is 26.8 Å². The van der Waals surface area contributed by atoms with Crippen LogP contribution in [0.1, 0.15) is 6.92 Å². The first-order chi connectivity index (χ1) is 7.91. The minimum Gasteiger partial charge on any atom is -0.443 e. The molecule has 7 nitrogen and oxygen atoms in total. The Hall–Kier alpha value is -0.250. The van der Waals surface area contributed by atoms with Crippen LogP contribution in [0.3, 0.4) is 0 Å². The first-order valence-corrected chi connectivity index (χ1v) is 6.89. The highest BCUT2D eigenvalue weighted by atomic mass is 35.6. The lowest BCUT2D eigenvalue weighted by Gasteiger charge is -2.20. The molecule has 0 spiro atoms. The zero-order valence-electron chi connectivity index (χ0n) is 9.23. The fourth-order valence-corrected chi connectivity index (χ4v) is 1.24. The second-order valence-corrected chi connectivity index (χ2v) is 6.88. The van der Waals surface area contributed by atoms with Crippen LogP contribution in [0.25, 0.3) is 0 Å². The van der Waals surface area contributed by atoms with E-state index in [1.54, 1.807) is 0 Å². The molecule has 0 bridgehead atoms. The van der Waals surface area contributed by atoms with Gasteiger partial charge >= 0.3 is 16.4 Å². The lowest BCUT2D eigenvalue weighted by Crippen LogP contribution is -2.38. The average Bonchev–Trinajstić information content (AvgIpc) is 2.08. The van der Waals surface area contributed by atoms with Crippen molar-refractivity contribution < 1.29 is 22.2 Å². The Balaban J connectivity index is 4.65. The molecule has 0 atom stereocenters. The fraction of sp³-hybridized carbons (Fsp3) is 0.571. The van der Waals surface area contributed by atoms with E-state index in [2.05, 4.69) is 20.7 Å². The summed E-state index contributed by atoms with van der Waals surface area (Å²) in [5.41, 5.74) is 0.421. The van der Waals surface area contributed by atoms with E-state index >= 15 is 0 Å². The van der Waals surface area contributed by atoms with Crippen LogP contribution >= 0.6 is 34.8 Å². The van der Waals surface area contributed by atoms with Crippen LogP contribution in [0.4, 0.5) is 4.79 Å². The van der Waals surface area contributed by atoms with Crippen molar-refractivity contribution in [2.75, 3.05) is 13.2 Å². The molecule has 0 aliphatic heterocycles. The summed E-state index contributed by atoms with van der Waals surface area (Å²) < 4.78 is 28.3. The van der Waals surface area contributed by atoms with Gasteiger partial charge in [-0.1, -0.05) is 47.0 Å². The summed E-state index contributed by atoms with van der Waals surface area (Å²) in [6.45, 7) is 4.16. The highest BCUT2D eigenvalue weighted by Gasteiger charge is 2.27. The first kappa shape index (κ1) is 17.8. The predicted octanol–water partition coefficient (Wildman–Crippen LogP) is 1.51. The van der Waals surface area contributed by atoms with Crippen LogP contribution < -0.4 is 5.14 Å². The van der Waals surface area contributed by atoms with Crippen LogP contribution in [0, 0.1) is 0 Å². The van der Waals surface area contributed by atoms with Gasteiger partial charge in [0.1, 0.15) is 6.61 Å². The SMILES string of the molecule is C=C(C)CN(OS(N)(=O)=O)C(=O)OCC(Cl)(Cl)Cl. The molecule has 0 aromatic rings. The maximum absolute atomic E-state index is 11.4. The standard InChI is InChI=1S/C7H11Cl3N2O5S/c1-5(2)3-12(17-18(11,14)15)6(13)16-4-7(8,9)10/h1,3-4H2,2H3,(H2,11,14,15). The Morgan fingerprint density at radius 1 is 1.44 bits per heavy atom. The van der Waals surface area contributed by atoms with E-state index in [0.29, 0.717) is 10.6 Å². The normalized spacial score (nSPS) is 12.1. The molecule has 0 rings (SSSR count). The third-order valence-electron chi connectivity index (χ3n) is 1.17. The summed E-state index contributed by atoms with van der Waals surface area (Å²) in [6, 6.07) is 0. The molecule has 0 saturated heterocycles. The summed E-state index contributed by atoms with van der Waals surface area (Å²) in [5, 5.41) is 4.97. The van der Waals surface area contributed by atoms with Gasteiger partial charge in [-0.05, 0) is 6.92 Å². The number of halogens is 3. The van der Waals surface area contributed by atoms with E-state index in [9.17, 15) is 13.2 Å². The number of carbonyl (C=O) groups is 1. The molecule has 0 heterocycles. The minimum atomic E-state index is -4.38. The molecule has 0 unspecified atom stereocenters. The molecule has 0 aromatic heterocycles. The lowest BCUT2D eigenvalue weighted by molar-refractivity contribution is -0.0354. The van der Waals surface area contributed by atoms with Crippen molar-refractivity contribution >= 4 is 51.2 Å². The second kappa shape index (κ2) is 6.78. The van der Waals surface area contributed by atoms with Crippen LogP contribution in [0.2, 0.25) is 0 Å². The zero-order chi connectivity index (χ0) is 14.6. The van der Waals surface area contributed by atoms with Crippen molar-refractivity contribution in [3.63, 3.8) is 0 Å². The van der Waals surface area contributed by atoms with Crippen molar-refractivity contribution in [1.82, 2.24) is 5.06 Å². The maximum atomic E-state index is 11.4. The molecule has 2 N–H and O–H groups in total. The summed E-state index contributed by atoms with van der Waals surface area (Å²) in [6.07, 6.45) is -1.18. The molecule has 0 saturated carbocycles. The van der Waals surface area contributed by atoms with E-state index in [4.69, 9.17) is 34.8 Å². The highest BCUT2D eigenvalue weighted by Crippen LogP contribution is 2.26. The number of hydrogen-bond acceptors (Lipinski definition) is 5. The van der Waals surface area contributed by atoms with Crippen molar-refractivity contribution in [2.24, 2.45) is 5.14 Å². The molecule has 0 radical (unpaired) electrons. The van der Waals surface area contributed by atoms with Crippen molar-refractivity contribution in [1.29, 1.82) is 0 Å². The number of hydroxylamine groups is 2. The van der Waals surface area contributed by atoms with Crippen molar-refractivity contribution in [3.8, 4) is 0 Å². The van der Waals surface area contributed by atoms with Crippen molar-refractivity contribution in [3.05, 3.63) is 12.2 Å². The lowest BCUT2D eigenvalue weighted by atomic mass is 10.3. The molecular formula is C7H11Cl3N2O5S. The van der Waals surface area contributed by atoms with E-state index in [1.165, 1.54) is 6.92 Å². The Morgan fingerprint density at radius 2 is 1.94 bits per heavy atom. The molecule has 0 aliphatic carbocycles. The summed E-state index contributed by atoms with van der Waals surface area (Å²) >= 11 is 16.1.